The molecule has 2 fully saturated rings. The van der Waals surface area contributed by atoms with Crippen LogP contribution >= 0.6 is 0 Å². The summed E-state index contributed by atoms with van der Waals surface area (Å²) in [6, 6.07) is 0. The second kappa shape index (κ2) is 3.35. The number of hydrogen-bond acceptors (Lipinski definition) is 3. The molecule has 2 rings (SSSR count). The van der Waals surface area contributed by atoms with Crippen LogP contribution in [0.2, 0.25) is 0 Å². The number of halogens is 3. The molecule has 3 unspecified atom stereocenters. The van der Waals surface area contributed by atoms with E-state index in [-0.39, 0.29) is 5.92 Å². The van der Waals surface area contributed by atoms with E-state index in [1.165, 1.54) is 0 Å². The molecule has 0 aromatic heterocycles. The van der Waals surface area contributed by atoms with Gasteiger partial charge in [-0.1, -0.05) is 6.42 Å². The molecule has 0 N–H and O–H groups in total. The maximum atomic E-state index is 12.0. The van der Waals surface area contributed by atoms with Crippen LogP contribution in [0, 0.1) is 11.8 Å². The topological polar surface area (TPSA) is 43.4 Å². The van der Waals surface area contributed by atoms with Gasteiger partial charge in [0, 0.05) is 0 Å². The lowest BCUT2D eigenvalue weighted by Gasteiger charge is -2.21. The molecule has 88 valence electrons. The Morgan fingerprint density at radius 3 is 2.47 bits per heavy atom. The number of rotatable bonds is 2. The van der Waals surface area contributed by atoms with E-state index in [0.29, 0.717) is 12.3 Å². The van der Waals surface area contributed by atoms with Crippen molar-refractivity contribution in [1.82, 2.24) is 0 Å². The van der Waals surface area contributed by atoms with E-state index in [1.807, 2.05) is 0 Å². The highest BCUT2D eigenvalue weighted by Gasteiger charge is 2.53. The molecule has 0 aromatic rings. The summed E-state index contributed by atoms with van der Waals surface area (Å²) in [4.78, 5) is 0. The minimum absolute atomic E-state index is 0.0240. The largest absolute Gasteiger partial charge is 0.523 e. The fourth-order valence-electron chi connectivity index (χ4n) is 2.19. The van der Waals surface area contributed by atoms with Crippen molar-refractivity contribution in [2.24, 2.45) is 11.8 Å². The van der Waals surface area contributed by atoms with Crippen LogP contribution in [0.15, 0.2) is 0 Å². The van der Waals surface area contributed by atoms with Crippen molar-refractivity contribution in [3.05, 3.63) is 0 Å². The molecule has 7 heteroatoms. The molecule has 2 saturated carbocycles. The quantitative estimate of drug-likeness (QED) is 0.551. The summed E-state index contributed by atoms with van der Waals surface area (Å²) in [5, 5.41) is 0. The molecule has 0 heterocycles. The summed E-state index contributed by atoms with van der Waals surface area (Å²) in [7, 11) is -5.40. The van der Waals surface area contributed by atoms with Crippen LogP contribution in [0.5, 0.6) is 0 Å². The molecule has 0 aromatic carbocycles. The van der Waals surface area contributed by atoms with Gasteiger partial charge < -0.3 is 0 Å². The standard InChI is InChI=1S/C8H11F3O3S/c9-8(10,11)15(12,13)14-7-3-1-2-5-4-6(5)7/h5-7H,1-4H2. The molecule has 3 atom stereocenters. The molecule has 0 spiro atoms. The first-order chi connectivity index (χ1) is 6.81. The summed E-state index contributed by atoms with van der Waals surface area (Å²) in [5.74, 6) is 0.406. The van der Waals surface area contributed by atoms with Crippen molar-refractivity contribution in [3.63, 3.8) is 0 Å². The van der Waals surface area contributed by atoms with Crippen LogP contribution in [0.25, 0.3) is 0 Å². The summed E-state index contributed by atoms with van der Waals surface area (Å²) in [6.07, 6.45) is 2.19. The van der Waals surface area contributed by atoms with Crippen molar-refractivity contribution in [1.29, 1.82) is 0 Å². The highest BCUT2D eigenvalue weighted by molar-refractivity contribution is 7.87. The van der Waals surface area contributed by atoms with Crippen LogP contribution in [-0.4, -0.2) is 20.0 Å². The lowest BCUT2D eigenvalue weighted by molar-refractivity contribution is -0.0591. The SMILES string of the molecule is O=S(=O)(OC1CCCC2CC21)C(F)(F)F. The Morgan fingerprint density at radius 2 is 1.87 bits per heavy atom. The Labute approximate surface area is 85.7 Å². The second-order valence-corrected chi connectivity index (χ2v) is 5.69. The minimum atomic E-state index is -5.40. The molecular formula is C8H11F3O3S. The van der Waals surface area contributed by atoms with Gasteiger partial charge in [0.1, 0.15) is 0 Å². The average molecular weight is 244 g/mol. The predicted molar refractivity (Wildman–Crippen MR) is 45.3 cm³/mol. The van der Waals surface area contributed by atoms with Crippen molar-refractivity contribution in [3.8, 4) is 0 Å². The van der Waals surface area contributed by atoms with Crippen molar-refractivity contribution >= 4 is 10.1 Å². The van der Waals surface area contributed by atoms with Crippen molar-refractivity contribution in [2.75, 3.05) is 0 Å². The van der Waals surface area contributed by atoms with Crippen LogP contribution in [0.4, 0.5) is 13.2 Å². The van der Waals surface area contributed by atoms with Gasteiger partial charge in [-0.3, -0.25) is 4.18 Å². The zero-order valence-corrected chi connectivity index (χ0v) is 8.64. The van der Waals surface area contributed by atoms with E-state index < -0.39 is 21.7 Å². The van der Waals surface area contributed by atoms with E-state index in [2.05, 4.69) is 4.18 Å². The molecule has 0 saturated heterocycles. The van der Waals surface area contributed by atoms with Crippen molar-refractivity contribution < 1.29 is 25.8 Å². The summed E-state index contributed by atoms with van der Waals surface area (Å²) < 4.78 is 61.8. The zero-order valence-electron chi connectivity index (χ0n) is 7.83. The Kier molecular flexibility index (Phi) is 2.50. The molecule has 0 bridgehead atoms. The third-order valence-corrected chi connectivity index (χ3v) is 4.12. The normalized spacial score (nSPS) is 36.1. The lowest BCUT2D eigenvalue weighted by Crippen LogP contribution is -2.32. The lowest BCUT2D eigenvalue weighted by atomic mass is 9.98. The molecule has 15 heavy (non-hydrogen) atoms. The number of fused-ring (bicyclic) bond motifs is 1. The molecule has 3 nitrogen and oxygen atoms in total. The molecular weight excluding hydrogens is 233 g/mol. The van der Waals surface area contributed by atoms with Gasteiger partial charge in [-0.05, 0) is 31.1 Å². The molecule has 2 aliphatic rings. The van der Waals surface area contributed by atoms with E-state index >= 15 is 0 Å². The smallest absolute Gasteiger partial charge is 0.260 e. The first-order valence-electron chi connectivity index (χ1n) is 4.81. The van der Waals surface area contributed by atoms with E-state index in [1.54, 1.807) is 0 Å². The fourth-order valence-corrected chi connectivity index (χ4v) is 2.86. The summed E-state index contributed by atoms with van der Waals surface area (Å²) in [5.41, 5.74) is -5.30. The van der Waals surface area contributed by atoms with Crippen LogP contribution in [-0.2, 0) is 14.3 Å². The van der Waals surface area contributed by atoms with Gasteiger partial charge in [0.15, 0.2) is 0 Å². The summed E-state index contributed by atoms with van der Waals surface area (Å²) in [6.45, 7) is 0. The second-order valence-electron chi connectivity index (χ2n) is 4.13. The Bertz CT molecular complexity index is 349. The van der Waals surface area contributed by atoms with E-state index in [0.717, 1.165) is 19.3 Å². The van der Waals surface area contributed by atoms with Gasteiger partial charge in [-0.15, -0.1) is 0 Å². The highest BCUT2D eigenvalue weighted by Crippen LogP contribution is 2.51. The Hall–Kier alpha value is -0.300. The van der Waals surface area contributed by atoms with E-state index in [9.17, 15) is 21.6 Å². The monoisotopic (exact) mass is 244 g/mol. The highest BCUT2D eigenvalue weighted by atomic mass is 32.2. The first-order valence-corrected chi connectivity index (χ1v) is 6.21. The van der Waals surface area contributed by atoms with Crippen LogP contribution in [0.3, 0.4) is 0 Å². The van der Waals surface area contributed by atoms with Gasteiger partial charge in [0.2, 0.25) is 0 Å². The zero-order chi connectivity index (χ0) is 11.3. The van der Waals surface area contributed by atoms with Gasteiger partial charge in [-0.2, -0.15) is 21.6 Å². The number of hydrogen-bond donors (Lipinski definition) is 0. The molecule has 0 aliphatic heterocycles. The molecule has 0 amide bonds. The van der Waals surface area contributed by atoms with Gasteiger partial charge in [-0.25, -0.2) is 0 Å². The third-order valence-electron chi connectivity index (χ3n) is 3.05. The maximum absolute atomic E-state index is 12.0. The van der Waals surface area contributed by atoms with Crippen LogP contribution in [0.1, 0.15) is 25.7 Å². The third kappa shape index (κ3) is 2.13. The fraction of sp³-hybridized carbons (Fsp3) is 1.00. The van der Waals surface area contributed by atoms with Gasteiger partial charge in [0.05, 0.1) is 6.10 Å². The van der Waals surface area contributed by atoms with Crippen LogP contribution < -0.4 is 0 Å². The first kappa shape index (κ1) is 11.2. The van der Waals surface area contributed by atoms with E-state index in [4.69, 9.17) is 0 Å². The average Bonchev–Trinajstić information content (AvgIpc) is 2.80. The van der Waals surface area contributed by atoms with Gasteiger partial charge in [0.25, 0.3) is 0 Å². The predicted octanol–water partition coefficient (Wildman–Crippen LogP) is 2.04. The summed E-state index contributed by atoms with van der Waals surface area (Å²) >= 11 is 0. The molecule has 2 aliphatic carbocycles. The maximum Gasteiger partial charge on any atom is 0.523 e. The molecule has 0 radical (unpaired) electrons. The Morgan fingerprint density at radius 1 is 1.20 bits per heavy atom. The Balaban J connectivity index is 2.03. The number of alkyl halides is 3. The van der Waals surface area contributed by atoms with Gasteiger partial charge >= 0.3 is 15.6 Å². The minimum Gasteiger partial charge on any atom is -0.260 e. The van der Waals surface area contributed by atoms with Crippen molar-refractivity contribution in [2.45, 2.75) is 37.3 Å².